The zero-order valence-electron chi connectivity index (χ0n) is 18.1. The Kier molecular flexibility index (Phi) is 8.51. The second-order valence-corrected chi connectivity index (χ2v) is 8.64. The van der Waals surface area contributed by atoms with Gasteiger partial charge in [0.2, 0.25) is 5.91 Å². The van der Waals surface area contributed by atoms with Crippen LogP contribution in [0.2, 0.25) is 0 Å². The number of nitrogens with two attached hydrogens (primary N) is 1. The molecule has 0 radical (unpaired) electrons. The van der Waals surface area contributed by atoms with Gasteiger partial charge in [0, 0.05) is 25.7 Å². The standard InChI is InChI=1S/C23H37N5O2/c1-2-25-23(27-20-8-10-21(29)11-9-20)26-14-17-5-3-6-18(13-17)15-28-12-4-7-19(16-28)22(24)30/h3,5-6,13,19-21,29H,2,4,7-12,14-16H2,1H3,(H2,24,30)(H2,25,26,27). The Balaban J connectivity index is 1.56. The van der Waals surface area contributed by atoms with E-state index in [2.05, 4.69) is 46.7 Å². The summed E-state index contributed by atoms with van der Waals surface area (Å²) in [5.74, 6) is 0.629. The molecule has 1 aromatic carbocycles. The summed E-state index contributed by atoms with van der Waals surface area (Å²) < 4.78 is 0. The van der Waals surface area contributed by atoms with Crippen LogP contribution in [0.15, 0.2) is 29.3 Å². The number of hydrogen-bond donors (Lipinski definition) is 4. The summed E-state index contributed by atoms with van der Waals surface area (Å²) in [4.78, 5) is 18.6. The van der Waals surface area contributed by atoms with Crippen LogP contribution in [0.5, 0.6) is 0 Å². The van der Waals surface area contributed by atoms with Crippen molar-refractivity contribution >= 4 is 11.9 Å². The molecule has 1 heterocycles. The van der Waals surface area contributed by atoms with Crippen LogP contribution in [0.4, 0.5) is 0 Å². The van der Waals surface area contributed by atoms with E-state index in [1.807, 2.05) is 0 Å². The SMILES string of the molecule is CCNC(=NCc1cccc(CN2CCCC(C(N)=O)C2)c1)NC1CCC(O)CC1. The first-order chi connectivity index (χ1) is 14.5. The molecule has 7 heteroatoms. The molecule has 2 fully saturated rings. The smallest absolute Gasteiger partial charge is 0.221 e. The largest absolute Gasteiger partial charge is 0.393 e. The number of aliphatic hydroxyl groups excluding tert-OH is 1. The summed E-state index contributed by atoms with van der Waals surface area (Å²) in [5, 5.41) is 16.6. The number of carbonyl (C=O) groups excluding carboxylic acids is 1. The molecule has 0 spiro atoms. The Hall–Kier alpha value is -2.12. The van der Waals surface area contributed by atoms with Gasteiger partial charge < -0.3 is 21.5 Å². The lowest BCUT2D eigenvalue weighted by Gasteiger charge is -2.31. The average Bonchev–Trinajstić information content (AvgIpc) is 2.74. The van der Waals surface area contributed by atoms with Gasteiger partial charge >= 0.3 is 0 Å². The van der Waals surface area contributed by atoms with Crippen LogP contribution in [0.3, 0.4) is 0 Å². The molecule has 2 aliphatic rings. The maximum absolute atomic E-state index is 11.5. The Morgan fingerprint density at radius 1 is 1.23 bits per heavy atom. The molecule has 1 aliphatic carbocycles. The van der Waals surface area contributed by atoms with Crippen LogP contribution >= 0.6 is 0 Å². The van der Waals surface area contributed by atoms with Crippen molar-refractivity contribution in [2.24, 2.45) is 16.6 Å². The summed E-state index contributed by atoms with van der Waals surface area (Å²) in [7, 11) is 0. The highest BCUT2D eigenvalue weighted by atomic mass is 16.3. The number of rotatable bonds is 7. The van der Waals surface area contributed by atoms with E-state index < -0.39 is 0 Å². The van der Waals surface area contributed by atoms with Crippen LogP contribution in [-0.4, -0.2) is 53.7 Å². The van der Waals surface area contributed by atoms with E-state index in [1.54, 1.807) is 0 Å². The van der Waals surface area contributed by atoms with Crippen molar-refractivity contribution in [2.75, 3.05) is 19.6 Å². The van der Waals surface area contributed by atoms with Gasteiger partial charge in [-0.25, -0.2) is 4.99 Å². The van der Waals surface area contributed by atoms with Crippen molar-refractivity contribution in [1.82, 2.24) is 15.5 Å². The summed E-state index contributed by atoms with van der Waals surface area (Å²) in [5.41, 5.74) is 7.92. The Morgan fingerprint density at radius 3 is 2.73 bits per heavy atom. The maximum Gasteiger partial charge on any atom is 0.221 e. The third kappa shape index (κ3) is 6.99. The van der Waals surface area contributed by atoms with Gasteiger partial charge in [0.1, 0.15) is 0 Å². The van der Waals surface area contributed by atoms with Gasteiger partial charge in [0.15, 0.2) is 5.96 Å². The third-order valence-electron chi connectivity index (χ3n) is 6.11. The normalized spacial score (nSPS) is 25.7. The second-order valence-electron chi connectivity index (χ2n) is 8.64. The Morgan fingerprint density at radius 2 is 2.00 bits per heavy atom. The van der Waals surface area contributed by atoms with E-state index in [0.29, 0.717) is 12.6 Å². The number of aliphatic hydroxyl groups is 1. The number of likely N-dealkylation sites (tertiary alicyclic amines) is 1. The molecule has 7 nitrogen and oxygen atoms in total. The van der Waals surface area contributed by atoms with Gasteiger partial charge in [-0.15, -0.1) is 0 Å². The first-order valence-electron chi connectivity index (χ1n) is 11.4. The molecule has 1 saturated heterocycles. The minimum Gasteiger partial charge on any atom is -0.393 e. The molecule has 1 amide bonds. The highest BCUT2D eigenvalue weighted by molar-refractivity contribution is 5.80. The van der Waals surface area contributed by atoms with Gasteiger partial charge in [0.25, 0.3) is 0 Å². The molecule has 5 N–H and O–H groups in total. The average molecular weight is 416 g/mol. The number of carbonyl (C=O) groups is 1. The lowest BCUT2D eigenvalue weighted by atomic mass is 9.93. The van der Waals surface area contributed by atoms with Crippen molar-refractivity contribution in [3.63, 3.8) is 0 Å². The number of primary amides is 1. The van der Waals surface area contributed by atoms with Crippen molar-refractivity contribution in [2.45, 2.75) is 70.7 Å². The lowest BCUT2D eigenvalue weighted by molar-refractivity contribution is -0.123. The summed E-state index contributed by atoms with van der Waals surface area (Å²) in [6.45, 7) is 6.10. The zero-order valence-corrected chi connectivity index (χ0v) is 18.1. The number of amides is 1. The van der Waals surface area contributed by atoms with Crippen molar-refractivity contribution in [3.8, 4) is 0 Å². The van der Waals surface area contributed by atoms with Crippen molar-refractivity contribution < 1.29 is 9.90 Å². The molecule has 1 atom stereocenters. The van der Waals surface area contributed by atoms with Crippen molar-refractivity contribution in [1.29, 1.82) is 0 Å². The predicted octanol–water partition coefficient (Wildman–Crippen LogP) is 1.74. The molecule has 1 unspecified atom stereocenters. The fourth-order valence-corrected chi connectivity index (χ4v) is 4.42. The third-order valence-corrected chi connectivity index (χ3v) is 6.11. The number of aliphatic imine (C=N–C) groups is 1. The van der Waals surface area contributed by atoms with Crippen LogP contribution in [-0.2, 0) is 17.9 Å². The highest BCUT2D eigenvalue weighted by Crippen LogP contribution is 2.20. The van der Waals surface area contributed by atoms with Crippen molar-refractivity contribution in [3.05, 3.63) is 35.4 Å². The Bertz CT molecular complexity index is 715. The molecular weight excluding hydrogens is 378 g/mol. The molecule has 1 saturated carbocycles. The topological polar surface area (TPSA) is 103 Å². The molecule has 1 aromatic rings. The number of benzene rings is 1. The monoisotopic (exact) mass is 415 g/mol. The maximum atomic E-state index is 11.5. The number of nitrogens with zero attached hydrogens (tertiary/aromatic N) is 2. The van der Waals surface area contributed by atoms with E-state index >= 15 is 0 Å². The van der Waals surface area contributed by atoms with E-state index in [0.717, 1.165) is 70.7 Å². The summed E-state index contributed by atoms with van der Waals surface area (Å²) in [6.07, 6.45) is 5.43. The summed E-state index contributed by atoms with van der Waals surface area (Å²) >= 11 is 0. The van der Waals surface area contributed by atoms with Gasteiger partial charge in [-0.3, -0.25) is 9.69 Å². The number of hydrogen-bond acceptors (Lipinski definition) is 4. The number of nitrogens with one attached hydrogen (secondary N) is 2. The van der Waals surface area contributed by atoms with Crippen LogP contribution in [0.1, 0.15) is 56.6 Å². The quantitative estimate of drug-likeness (QED) is 0.401. The van der Waals surface area contributed by atoms with Crippen LogP contribution in [0, 0.1) is 5.92 Å². The van der Waals surface area contributed by atoms with Gasteiger partial charge in [0.05, 0.1) is 18.6 Å². The zero-order chi connectivity index (χ0) is 21.3. The number of guanidine groups is 1. The summed E-state index contributed by atoms with van der Waals surface area (Å²) in [6, 6.07) is 8.90. The minimum absolute atomic E-state index is 0.0267. The predicted molar refractivity (Wildman–Crippen MR) is 120 cm³/mol. The van der Waals surface area contributed by atoms with Gasteiger partial charge in [-0.2, -0.15) is 0 Å². The fourth-order valence-electron chi connectivity index (χ4n) is 4.42. The molecule has 30 heavy (non-hydrogen) atoms. The molecular formula is C23H37N5O2. The first-order valence-corrected chi connectivity index (χ1v) is 11.4. The molecule has 0 bridgehead atoms. The second kappa shape index (κ2) is 11.3. The van der Waals surface area contributed by atoms with Crippen LogP contribution < -0.4 is 16.4 Å². The van der Waals surface area contributed by atoms with Gasteiger partial charge in [-0.05, 0) is 63.1 Å². The van der Waals surface area contributed by atoms with Gasteiger partial charge in [-0.1, -0.05) is 24.3 Å². The van der Waals surface area contributed by atoms with E-state index in [1.165, 1.54) is 11.1 Å². The molecule has 166 valence electrons. The molecule has 3 rings (SSSR count). The molecule has 1 aliphatic heterocycles. The molecule has 0 aromatic heterocycles. The lowest BCUT2D eigenvalue weighted by Crippen LogP contribution is -2.45. The van der Waals surface area contributed by atoms with E-state index in [4.69, 9.17) is 10.7 Å². The minimum atomic E-state index is -0.182. The first kappa shape index (κ1) is 22.6. The van der Waals surface area contributed by atoms with Crippen LogP contribution in [0.25, 0.3) is 0 Å². The number of piperidine rings is 1. The fraction of sp³-hybridized carbons (Fsp3) is 0.652. The van der Waals surface area contributed by atoms with E-state index in [-0.39, 0.29) is 17.9 Å². The Labute approximate surface area is 180 Å². The van der Waals surface area contributed by atoms with E-state index in [9.17, 15) is 9.90 Å². The highest BCUT2D eigenvalue weighted by Gasteiger charge is 2.24.